The summed E-state index contributed by atoms with van der Waals surface area (Å²) >= 11 is 0. The van der Waals surface area contributed by atoms with E-state index in [0.29, 0.717) is 11.4 Å². The maximum Gasteiger partial charge on any atom is 0.329 e. The van der Waals surface area contributed by atoms with Crippen LogP contribution in [0.5, 0.6) is 5.75 Å². The molecular formula is C24H24N4O4. The summed E-state index contributed by atoms with van der Waals surface area (Å²) in [6, 6.07) is 13.2. The molecule has 1 aliphatic carbocycles. The number of nitrogens with one attached hydrogen (secondary N) is 3. The van der Waals surface area contributed by atoms with Crippen LogP contribution in [0.1, 0.15) is 36.6 Å². The van der Waals surface area contributed by atoms with E-state index in [1.165, 1.54) is 10.9 Å². The summed E-state index contributed by atoms with van der Waals surface area (Å²) in [7, 11) is 1.54. The van der Waals surface area contributed by atoms with Crippen molar-refractivity contribution < 1.29 is 19.1 Å². The number of methoxy groups -OCH3 is 1. The van der Waals surface area contributed by atoms with Gasteiger partial charge in [0.1, 0.15) is 11.8 Å². The van der Waals surface area contributed by atoms with Crippen LogP contribution in [0.2, 0.25) is 0 Å². The Hall–Kier alpha value is -3.81. The highest BCUT2D eigenvalue weighted by atomic mass is 16.5. The molecule has 1 fully saturated rings. The predicted octanol–water partition coefficient (Wildman–Crippen LogP) is 3.19. The Balaban J connectivity index is 1.28. The van der Waals surface area contributed by atoms with E-state index in [9.17, 15) is 14.4 Å². The zero-order chi connectivity index (χ0) is 22.2. The first kappa shape index (κ1) is 20.1. The van der Waals surface area contributed by atoms with Crippen molar-refractivity contribution in [1.29, 1.82) is 0 Å². The van der Waals surface area contributed by atoms with Crippen LogP contribution in [-0.2, 0) is 16.0 Å². The van der Waals surface area contributed by atoms with Gasteiger partial charge in [0, 0.05) is 16.6 Å². The molecule has 0 saturated carbocycles. The van der Waals surface area contributed by atoms with Crippen molar-refractivity contribution in [2.24, 2.45) is 0 Å². The number of anilines is 1. The summed E-state index contributed by atoms with van der Waals surface area (Å²) in [6.07, 6.45) is 2.67. The predicted molar refractivity (Wildman–Crippen MR) is 120 cm³/mol. The summed E-state index contributed by atoms with van der Waals surface area (Å²) in [5.74, 6) is -0.0810. The highest BCUT2D eigenvalue weighted by Crippen LogP contribution is 2.34. The van der Waals surface area contributed by atoms with E-state index in [4.69, 9.17) is 4.74 Å². The fraction of sp³-hybridized carbons (Fsp3) is 0.292. The van der Waals surface area contributed by atoms with Crippen molar-refractivity contribution in [3.05, 3.63) is 59.8 Å². The number of ether oxygens (including phenoxy) is 1. The molecule has 3 aromatic rings. The van der Waals surface area contributed by atoms with Crippen LogP contribution in [0.3, 0.4) is 0 Å². The highest BCUT2D eigenvalue weighted by molar-refractivity contribution is 6.22. The average Bonchev–Trinajstić information content (AvgIpc) is 3.31. The number of urea groups is 1. The lowest BCUT2D eigenvalue weighted by atomic mass is 9.91. The molecule has 8 nitrogen and oxygen atoms in total. The van der Waals surface area contributed by atoms with Gasteiger partial charge in [-0.3, -0.25) is 9.59 Å². The Labute approximate surface area is 184 Å². The number of hydrogen-bond acceptors (Lipinski definition) is 4. The number of imide groups is 1. The molecule has 1 aromatic heterocycles. The summed E-state index contributed by atoms with van der Waals surface area (Å²) in [4.78, 5) is 42.6. The van der Waals surface area contributed by atoms with Gasteiger partial charge in [-0.05, 0) is 55.2 Å². The second-order valence-electron chi connectivity index (χ2n) is 8.15. The Bertz CT molecular complexity index is 1200. The standard InChI is InChI=1S/C24H24N4O4/c1-32-15-11-9-14(10-12-15)28-23(30)20(27-24(28)31)13-21(29)25-19-8-4-6-17-16-5-2-3-7-18(16)26-22(17)19/h2-3,5,7,9-12,19-20,26H,4,6,8,13H2,1H3,(H,25,29)(H,27,31)/t19-,20-/m1/s1. The molecule has 4 amide bonds. The minimum atomic E-state index is -0.893. The van der Waals surface area contributed by atoms with E-state index < -0.39 is 18.0 Å². The van der Waals surface area contributed by atoms with Crippen LogP contribution in [0.15, 0.2) is 48.5 Å². The number of amides is 4. The average molecular weight is 432 g/mol. The smallest absolute Gasteiger partial charge is 0.329 e. The van der Waals surface area contributed by atoms with Gasteiger partial charge >= 0.3 is 6.03 Å². The molecule has 8 heteroatoms. The number of aromatic amines is 1. The van der Waals surface area contributed by atoms with Crippen LogP contribution in [0.4, 0.5) is 10.5 Å². The molecule has 1 saturated heterocycles. The summed E-state index contributed by atoms with van der Waals surface area (Å²) in [5, 5.41) is 6.88. The molecule has 2 atom stereocenters. The van der Waals surface area contributed by atoms with Crippen molar-refractivity contribution in [3.63, 3.8) is 0 Å². The van der Waals surface area contributed by atoms with Crippen molar-refractivity contribution >= 4 is 34.4 Å². The summed E-state index contributed by atoms with van der Waals surface area (Å²) in [5.41, 5.74) is 3.78. The molecular weight excluding hydrogens is 408 g/mol. The number of fused-ring (bicyclic) bond motifs is 3. The van der Waals surface area contributed by atoms with Crippen LogP contribution >= 0.6 is 0 Å². The van der Waals surface area contributed by atoms with Gasteiger partial charge in [0.25, 0.3) is 5.91 Å². The highest BCUT2D eigenvalue weighted by Gasteiger charge is 2.40. The van der Waals surface area contributed by atoms with E-state index in [1.807, 2.05) is 18.2 Å². The summed E-state index contributed by atoms with van der Waals surface area (Å²) < 4.78 is 5.12. The number of carbonyl (C=O) groups excluding carboxylic acids is 3. The number of rotatable bonds is 5. The number of nitrogens with zero attached hydrogens (tertiary/aromatic N) is 1. The topological polar surface area (TPSA) is 104 Å². The third-order valence-electron chi connectivity index (χ3n) is 6.19. The van der Waals surface area contributed by atoms with E-state index in [-0.39, 0.29) is 18.4 Å². The Morgan fingerprint density at radius 2 is 1.94 bits per heavy atom. The van der Waals surface area contributed by atoms with Crippen LogP contribution in [0.25, 0.3) is 10.9 Å². The number of hydrogen-bond donors (Lipinski definition) is 3. The van der Waals surface area contributed by atoms with E-state index in [0.717, 1.165) is 35.4 Å². The molecule has 3 N–H and O–H groups in total. The largest absolute Gasteiger partial charge is 0.497 e. The maximum atomic E-state index is 12.8. The maximum absolute atomic E-state index is 12.8. The number of aromatic nitrogens is 1. The lowest BCUT2D eigenvalue weighted by molar-refractivity contribution is -0.126. The number of H-pyrrole nitrogens is 1. The molecule has 5 rings (SSSR count). The fourth-order valence-corrected chi connectivity index (χ4v) is 4.64. The van der Waals surface area contributed by atoms with Gasteiger partial charge in [-0.1, -0.05) is 18.2 Å². The minimum Gasteiger partial charge on any atom is -0.497 e. The normalized spacial score (nSPS) is 20.2. The van der Waals surface area contributed by atoms with Gasteiger partial charge in [-0.15, -0.1) is 0 Å². The van der Waals surface area contributed by atoms with Crippen LogP contribution in [-0.4, -0.2) is 36.0 Å². The second kappa shape index (κ2) is 8.03. The molecule has 1 aliphatic heterocycles. The van der Waals surface area contributed by atoms with Gasteiger partial charge in [-0.25, -0.2) is 9.69 Å². The van der Waals surface area contributed by atoms with Crippen LogP contribution in [0, 0.1) is 0 Å². The Morgan fingerprint density at radius 3 is 2.72 bits per heavy atom. The van der Waals surface area contributed by atoms with Crippen molar-refractivity contribution in [3.8, 4) is 5.75 Å². The van der Waals surface area contributed by atoms with Crippen molar-refractivity contribution in [1.82, 2.24) is 15.6 Å². The molecule has 0 bridgehead atoms. The molecule has 164 valence electrons. The molecule has 2 aliphatic rings. The van der Waals surface area contributed by atoms with Gasteiger partial charge in [0.05, 0.1) is 25.3 Å². The first-order valence-corrected chi connectivity index (χ1v) is 10.7. The number of benzene rings is 2. The van der Waals surface area contributed by atoms with Gasteiger partial charge in [0.2, 0.25) is 5.91 Å². The molecule has 2 aromatic carbocycles. The third-order valence-corrected chi connectivity index (χ3v) is 6.19. The second-order valence-corrected chi connectivity index (χ2v) is 8.15. The molecule has 0 radical (unpaired) electrons. The molecule has 0 spiro atoms. The molecule has 2 heterocycles. The lowest BCUT2D eigenvalue weighted by Crippen LogP contribution is -2.38. The Kier molecular flexibility index (Phi) is 5.05. The third kappa shape index (κ3) is 3.47. The van der Waals surface area contributed by atoms with Crippen LogP contribution < -0.4 is 20.3 Å². The monoisotopic (exact) mass is 432 g/mol. The number of carbonyl (C=O) groups is 3. The van der Waals surface area contributed by atoms with Crippen molar-refractivity contribution in [2.75, 3.05) is 12.0 Å². The first-order valence-electron chi connectivity index (χ1n) is 10.7. The lowest BCUT2D eigenvalue weighted by Gasteiger charge is -2.24. The van der Waals surface area contributed by atoms with Gasteiger partial charge in [-0.2, -0.15) is 0 Å². The number of para-hydroxylation sites is 1. The van der Waals surface area contributed by atoms with Gasteiger partial charge < -0.3 is 20.4 Å². The zero-order valence-corrected chi connectivity index (χ0v) is 17.7. The molecule has 0 unspecified atom stereocenters. The SMILES string of the molecule is COc1ccc(N2C(=O)N[C@H](CC(=O)N[C@@H]3CCCc4c3[nH]c3ccccc43)C2=O)cc1. The minimum absolute atomic E-state index is 0.108. The van der Waals surface area contributed by atoms with E-state index in [2.05, 4.69) is 21.7 Å². The summed E-state index contributed by atoms with van der Waals surface area (Å²) in [6.45, 7) is 0. The zero-order valence-electron chi connectivity index (χ0n) is 17.7. The van der Waals surface area contributed by atoms with Gasteiger partial charge in [0.15, 0.2) is 0 Å². The fourth-order valence-electron chi connectivity index (χ4n) is 4.64. The molecule has 32 heavy (non-hydrogen) atoms. The first-order chi connectivity index (χ1) is 15.5. The van der Waals surface area contributed by atoms with Crippen molar-refractivity contribution in [2.45, 2.75) is 37.8 Å². The number of aryl methyl sites for hydroxylation is 1. The van der Waals surface area contributed by atoms with E-state index >= 15 is 0 Å². The quantitative estimate of drug-likeness (QED) is 0.539. The van der Waals surface area contributed by atoms with E-state index in [1.54, 1.807) is 31.4 Å². The Morgan fingerprint density at radius 1 is 1.16 bits per heavy atom.